The van der Waals surface area contributed by atoms with E-state index in [0.29, 0.717) is 23.7 Å². The number of ketones is 1. The molecule has 0 bridgehead atoms. The fraction of sp³-hybridized carbons (Fsp3) is 0.353. The smallest absolute Gasteiger partial charge is 0.429 e. The highest BCUT2D eigenvalue weighted by Gasteiger charge is 2.28. The van der Waals surface area contributed by atoms with Crippen LogP contribution in [0.5, 0.6) is 0 Å². The summed E-state index contributed by atoms with van der Waals surface area (Å²) in [6.45, 7) is 3.08. The van der Waals surface area contributed by atoms with Gasteiger partial charge in [0.05, 0.1) is 18.8 Å². The van der Waals surface area contributed by atoms with E-state index in [0.717, 1.165) is 49.3 Å². The van der Waals surface area contributed by atoms with E-state index in [1.165, 1.54) is 12.8 Å². The molecule has 2 fully saturated rings. The number of benzene rings is 3. The van der Waals surface area contributed by atoms with E-state index < -0.39 is 6.09 Å². The second kappa shape index (κ2) is 15.4. The standard InChI is InChI=1S/C34H40N5O4/c40-32(28-12-9-13-29(22-28)37-33(41)25-36-23-26-16-17-26)24-35-18-21-43-34(42)39(38-19-7-2-8-20-38)31-15-6-5-14-30(31)27-10-3-1-4-11-27/h1-6,9-15,22,26,35-36H,7-8,16-21,23-25H2,(H,37,41). The second-order valence-electron chi connectivity index (χ2n) is 10.9. The minimum atomic E-state index is -0.450. The molecule has 9 heteroatoms. The Morgan fingerprint density at radius 2 is 1.63 bits per heavy atom. The van der Waals surface area contributed by atoms with E-state index >= 15 is 0 Å². The second-order valence-corrected chi connectivity index (χ2v) is 10.9. The predicted octanol–water partition coefficient (Wildman–Crippen LogP) is 4.92. The van der Waals surface area contributed by atoms with Gasteiger partial charge < -0.3 is 20.7 Å². The Hall–Kier alpha value is -4.05. The quantitative estimate of drug-likeness (QED) is 0.183. The Morgan fingerprint density at radius 3 is 2.42 bits per heavy atom. The van der Waals surface area contributed by atoms with Gasteiger partial charge in [0.2, 0.25) is 5.91 Å². The van der Waals surface area contributed by atoms with Crippen molar-refractivity contribution in [2.24, 2.45) is 5.92 Å². The molecule has 1 aliphatic heterocycles. The van der Waals surface area contributed by atoms with Gasteiger partial charge >= 0.3 is 6.09 Å². The average Bonchev–Trinajstić information content (AvgIpc) is 3.87. The van der Waals surface area contributed by atoms with E-state index in [9.17, 15) is 14.4 Å². The Kier molecular flexibility index (Phi) is 10.9. The number of hydrogen-bond donors (Lipinski definition) is 3. The van der Waals surface area contributed by atoms with Crippen LogP contribution in [0.25, 0.3) is 11.1 Å². The lowest BCUT2D eigenvalue weighted by Crippen LogP contribution is -2.50. The van der Waals surface area contributed by atoms with Gasteiger partial charge in [0.25, 0.3) is 0 Å². The summed E-state index contributed by atoms with van der Waals surface area (Å²) in [7, 11) is 0. The maximum absolute atomic E-state index is 13.5. The van der Waals surface area contributed by atoms with Crippen molar-refractivity contribution in [1.29, 1.82) is 0 Å². The molecule has 3 aromatic rings. The first-order chi connectivity index (χ1) is 21.1. The van der Waals surface area contributed by atoms with Crippen molar-refractivity contribution in [3.8, 4) is 11.1 Å². The summed E-state index contributed by atoms with van der Waals surface area (Å²) < 4.78 is 5.71. The molecule has 0 spiro atoms. The fourth-order valence-corrected chi connectivity index (χ4v) is 5.09. The van der Waals surface area contributed by atoms with E-state index in [2.05, 4.69) is 22.4 Å². The fourth-order valence-electron chi connectivity index (χ4n) is 5.09. The maximum atomic E-state index is 13.5. The highest BCUT2D eigenvalue weighted by Crippen LogP contribution is 2.33. The summed E-state index contributed by atoms with van der Waals surface area (Å²) >= 11 is 0. The van der Waals surface area contributed by atoms with Crippen LogP contribution in [0.1, 0.15) is 36.0 Å². The molecule has 3 aromatic carbocycles. The lowest BCUT2D eigenvalue weighted by atomic mass is 10.0. The zero-order valence-corrected chi connectivity index (χ0v) is 24.5. The number of hydrogen-bond acceptors (Lipinski definition) is 7. The Labute approximate surface area is 253 Å². The highest BCUT2D eigenvalue weighted by atomic mass is 16.6. The predicted molar refractivity (Wildman–Crippen MR) is 169 cm³/mol. The van der Waals surface area contributed by atoms with Gasteiger partial charge in [-0.2, -0.15) is 0 Å². The lowest BCUT2D eigenvalue weighted by molar-refractivity contribution is -0.115. The molecule has 1 saturated heterocycles. The first kappa shape index (κ1) is 30.4. The topological polar surface area (TPSA) is 103 Å². The summed E-state index contributed by atoms with van der Waals surface area (Å²) in [5.74, 6) is 0.457. The summed E-state index contributed by atoms with van der Waals surface area (Å²) in [5.41, 5.74) is 3.83. The number of carbonyl (C=O) groups is 3. The lowest BCUT2D eigenvalue weighted by Gasteiger charge is -2.37. The van der Waals surface area contributed by atoms with Crippen molar-refractivity contribution in [2.75, 3.05) is 56.2 Å². The van der Waals surface area contributed by atoms with Crippen LogP contribution in [0, 0.1) is 12.3 Å². The number of nitrogens with one attached hydrogen (secondary N) is 3. The molecule has 2 amide bonds. The van der Waals surface area contributed by atoms with E-state index in [-0.39, 0.29) is 31.4 Å². The molecule has 225 valence electrons. The molecule has 1 radical (unpaired) electrons. The number of nitrogens with zero attached hydrogens (tertiary/aromatic N) is 2. The SMILES string of the molecule is O=C(CNCC1CC1)Nc1cccc(C(=O)CNCCOC(=O)N(c2ccccc2-c2ccccc2)N2CC[CH]CC2)c1. The number of amides is 2. The number of ether oxygens (including phenoxy) is 1. The molecule has 2 aliphatic rings. The molecule has 0 atom stereocenters. The average molecular weight is 583 g/mol. The number of piperidine rings is 1. The Balaban J connectivity index is 1.12. The molecular weight excluding hydrogens is 542 g/mol. The van der Waals surface area contributed by atoms with E-state index in [4.69, 9.17) is 4.74 Å². The third kappa shape index (κ3) is 8.97. The molecule has 1 saturated carbocycles. The Morgan fingerprint density at radius 1 is 0.860 bits per heavy atom. The van der Waals surface area contributed by atoms with Crippen LogP contribution in [0.3, 0.4) is 0 Å². The first-order valence-electron chi connectivity index (χ1n) is 15.1. The number of rotatable bonds is 14. The van der Waals surface area contributed by atoms with Crippen molar-refractivity contribution in [1.82, 2.24) is 15.6 Å². The summed E-state index contributed by atoms with van der Waals surface area (Å²) in [5, 5.41) is 12.8. The van der Waals surface area contributed by atoms with Gasteiger partial charge in [0.1, 0.15) is 6.61 Å². The van der Waals surface area contributed by atoms with Gasteiger partial charge in [-0.3, -0.25) is 9.59 Å². The summed E-state index contributed by atoms with van der Waals surface area (Å²) in [6, 6.07) is 24.8. The number of Topliss-reactive ketones (excluding diaryl/α,β-unsaturated/α-hetero) is 1. The van der Waals surface area contributed by atoms with Gasteiger partial charge in [-0.1, -0.05) is 60.7 Å². The highest BCUT2D eigenvalue weighted by molar-refractivity contribution is 6.00. The zero-order valence-electron chi connectivity index (χ0n) is 24.5. The van der Waals surface area contributed by atoms with Crippen molar-refractivity contribution in [2.45, 2.75) is 25.7 Å². The molecule has 1 heterocycles. The monoisotopic (exact) mass is 582 g/mol. The van der Waals surface area contributed by atoms with E-state index in [1.54, 1.807) is 29.3 Å². The number of hydrazine groups is 1. The summed E-state index contributed by atoms with van der Waals surface area (Å²) in [4.78, 5) is 38.5. The van der Waals surface area contributed by atoms with Crippen LogP contribution in [-0.4, -0.2) is 68.7 Å². The van der Waals surface area contributed by atoms with Crippen molar-refractivity contribution in [3.63, 3.8) is 0 Å². The zero-order chi connectivity index (χ0) is 29.9. The molecule has 0 aromatic heterocycles. The van der Waals surface area contributed by atoms with Crippen molar-refractivity contribution < 1.29 is 19.1 Å². The molecular formula is C34H40N5O4. The van der Waals surface area contributed by atoms with Gasteiger partial charge in [-0.15, -0.1) is 0 Å². The molecule has 43 heavy (non-hydrogen) atoms. The van der Waals surface area contributed by atoms with Crippen LogP contribution in [0.4, 0.5) is 16.2 Å². The first-order valence-corrected chi connectivity index (χ1v) is 15.1. The third-order valence-corrected chi connectivity index (χ3v) is 7.53. The normalized spacial score (nSPS) is 15.1. The number of anilines is 2. The van der Waals surface area contributed by atoms with E-state index in [1.807, 2.05) is 59.6 Å². The summed E-state index contributed by atoms with van der Waals surface area (Å²) in [6.07, 6.45) is 6.03. The third-order valence-electron chi connectivity index (χ3n) is 7.53. The number of carbonyl (C=O) groups excluding carboxylic acids is 3. The van der Waals surface area contributed by atoms with Crippen molar-refractivity contribution >= 4 is 29.2 Å². The molecule has 1 aliphatic carbocycles. The minimum absolute atomic E-state index is 0.0837. The van der Waals surface area contributed by atoms with Gasteiger partial charge in [0, 0.05) is 36.4 Å². The molecule has 3 N–H and O–H groups in total. The Bertz CT molecular complexity index is 1370. The van der Waals surface area contributed by atoms with Crippen molar-refractivity contribution in [3.05, 3.63) is 90.8 Å². The maximum Gasteiger partial charge on any atom is 0.429 e. The van der Waals surface area contributed by atoms with Crippen LogP contribution < -0.4 is 21.0 Å². The van der Waals surface area contributed by atoms with Gasteiger partial charge in [-0.25, -0.2) is 14.8 Å². The van der Waals surface area contributed by atoms with Crippen LogP contribution >= 0.6 is 0 Å². The largest absolute Gasteiger partial charge is 0.447 e. The van der Waals surface area contributed by atoms with Crippen LogP contribution in [0.2, 0.25) is 0 Å². The molecule has 5 rings (SSSR count). The van der Waals surface area contributed by atoms with Gasteiger partial charge in [-0.05, 0) is 68.3 Å². The molecule has 9 nitrogen and oxygen atoms in total. The van der Waals surface area contributed by atoms with Crippen LogP contribution in [-0.2, 0) is 9.53 Å². The number of para-hydroxylation sites is 1. The van der Waals surface area contributed by atoms with Crippen LogP contribution in [0.15, 0.2) is 78.9 Å². The molecule has 0 unspecified atom stereocenters. The van der Waals surface area contributed by atoms with Gasteiger partial charge in [0.15, 0.2) is 5.78 Å². The minimum Gasteiger partial charge on any atom is -0.447 e.